The number of rotatable bonds is 10. The van der Waals surface area contributed by atoms with Crippen molar-refractivity contribution < 1.29 is 14.3 Å². The molecule has 0 radical (unpaired) electrons. The van der Waals surface area contributed by atoms with Gasteiger partial charge in [0.2, 0.25) is 5.91 Å². The van der Waals surface area contributed by atoms with Crippen LogP contribution in [-0.4, -0.2) is 49.6 Å². The Hall–Kier alpha value is -1.10. The van der Waals surface area contributed by atoms with Gasteiger partial charge in [-0.3, -0.25) is 9.59 Å². The minimum absolute atomic E-state index is 0.176. The van der Waals surface area contributed by atoms with E-state index in [4.69, 9.17) is 4.74 Å². The van der Waals surface area contributed by atoms with E-state index in [1.54, 1.807) is 0 Å². The first-order valence-electron chi connectivity index (χ1n) is 7.55. The highest BCUT2D eigenvalue weighted by molar-refractivity contribution is 5.76. The molecule has 20 heavy (non-hydrogen) atoms. The molecule has 0 fully saturated rings. The smallest absolute Gasteiger partial charge is 0.322 e. The lowest BCUT2D eigenvalue weighted by Crippen LogP contribution is -2.39. The van der Waals surface area contributed by atoms with Gasteiger partial charge in [0.1, 0.15) is 6.04 Å². The average Bonchev–Trinajstić information content (AvgIpc) is 2.42. The van der Waals surface area contributed by atoms with E-state index in [0.29, 0.717) is 18.9 Å². The zero-order chi connectivity index (χ0) is 15.5. The SMILES string of the molecule is CCN(CC)C(=O)CCCNC(CC(C)C)C(=O)OC. The molecule has 0 aromatic rings. The molecule has 0 aliphatic carbocycles. The highest BCUT2D eigenvalue weighted by Gasteiger charge is 2.19. The molecule has 0 heterocycles. The molecule has 0 aliphatic heterocycles. The van der Waals surface area contributed by atoms with Crippen molar-refractivity contribution in [3.05, 3.63) is 0 Å². The Morgan fingerprint density at radius 1 is 1.20 bits per heavy atom. The van der Waals surface area contributed by atoms with Crippen LogP contribution < -0.4 is 5.32 Å². The Morgan fingerprint density at radius 2 is 1.80 bits per heavy atom. The summed E-state index contributed by atoms with van der Waals surface area (Å²) in [6, 6.07) is -0.274. The number of amides is 1. The summed E-state index contributed by atoms with van der Waals surface area (Å²) in [5.41, 5.74) is 0. The highest BCUT2D eigenvalue weighted by Crippen LogP contribution is 2.06. The Labute approximate surface area is 123 Å². The molecule has 118 valence electrons. The predicted octanol–water partition coefficient (Wildman–Crippen LogP) is 1.81. The quantitative estimate of drug-likeness (QED) is 0.491. The second-order valence-corrected chi connectivity index (χ2v) is 5.33. The van der Waals surface area contributed by atoms with Gasteiger partial charge in [-0.2, -0.15) is 0 Å². The minimum atomic E-state index is -0.274. The molecular formula is C15H30N2O3. The van der Waals surface area contributed by atoms with E-state index >= 15 is 0 Å². The van der Waals surface area contributed by atoms with E-state index in [0.717, 1.165) is 25.9 Å². The van der Waals surface area contributed by atoms with Crippen LogP contribution in [0.5, 0.6) is 0 Å². The summed E-state index contributed by atoms with van der Waals surface area (Å²) in [4.78, 5) is 25.3. The third kappa shape index (κ3) is 7.48. The van der Waals surface area contributed by atoms with Gasteiger partial charge < -0.3 is 15.0 Å². The molecule has 1 atom stereocenters. The lowest BCUT2D eigenvalue weighted by atomic mass is 10.0. The number of nitrogens with zero attached hydrogens (tertiary/aromatic N) is 1. The first-order chi connectivity index (χ1) is 9.46. The minimum Gasteiger partial charge on any atom is -0.468 e. The van der Waals surface area contributed by atoms with Crippen LogP contribution in [0.2, 0.25) is 0 Å². The Balaban J connectivity index is 4.05. The van der Waals surface area contributed by atoms with Crippen LogP contribution in [-0.2, 0) is 14.3 Å². The van der Waals surface area contributed by atoms with Crippen molar-refractivity contribution in [2.45, 2.75) is 53.0 Å². The first kappa shape index (κ1) is 18.9. The third-order valence-electron chi connectivity index (χ3n) is 3.27. The zero-order valence-electron chi connectivity index (χ0n) is 13.6. The largest absolute Gasteiger partial charge is 0.468 e. The van der Waals surface area contributed by atoms with Crippen LogP contribution in [0.4, 0.5) is 0 Å². The van der Waals surface area contributed by atoms with Crippen LogP contribution in [0, 0.1) is 5.92 Å². The maximum atomic E-state index is 11.8. The summed E-state index contributed by atoms with van der Waals surface area (Å²) in [6.07, 6.45) is 2.00. The second kappa shape index (κ2) is 10.7. The number of carbonyl (C=O) groups excluding carboxylic acids is 2. The van der Waals surface area contributed by atoms with Gasteiger partial charge in [0.05, 0.1) is 7.11 Å². The lowest BCUT2D eigenvalue weighted by Gasteiger charge is -2.20. The Bertz CT molecular complexity index is 289. The number of hydrogen-bond donors (Lipinski definition) is 1. The van der Waals surface area contributed by atoms with E-state index in [-0.39, 0.29) is 17.9 Å². The number of ether oxygens (including phenoxy) is 1. The van der Waals surface area contributed by atoms with Crippen molar-refractivity contribution in [2.24, 2.45) is 5.92 Å². The van der Waals surface area contributed by atoms with Crippen molar-refractivity contribution in [1.29, 1.82) is 0 Å². The van der Waals surface area contributed by atoms with Crippen molar-refractivity contribution in [2.75, 3.05) is 26.7 Å². The molecule has 0 aromatic heterocycles. The zero-order valence-corrected chi connectivity index (χ0v) is 13.6. The number of methoxy groups -OCH3 is 1. The summed E-state index contributed by atoms with van der Waals surface area (Å²) in [5.74, 6) is 0.368. The molecular weight excluding hydrogens is 256 g/mol. The normalized spacial score (nSPS) is 12.3. The van der Waals surface area contributed by atoms with Gasteiger partial charge in [-0.05, 0) is 39.2 Å². The molecule has 1 N–H and O–H groups in total. The summed E-state index contributed by atoms with van der Waals surface area (Å²) >= 11 is 0. The van der Waals surface area contributed by atoms with E-state index in [1.165, 1.54) is 7.11 Å². The topological polar surface area (TPSA) is 58.6 Å². The fourth-order valence-electron chi connectivity index (χ4n) is 2.13. The molecule has 5 heteroatoms. The molecule has 5 nitrogen and oxygen atoms in total. The van der Waals surface area contributed by atoms with Gasteiger partial charge in [-0.1, -0.05) is 13.8 Å². The van der Waals surface area contributed by atoms with Gasteiger partial charge in [-0.15, -0.1) is 0 Å². The van der Waals surface area contributed by atoms with Crippen molar-refractivity contribution >= 4 is 11.9 Å². The van der Waals surface area contributed by atoms with Crippen LogP contribution in [0.15, 0.2) is 0 Å². The molecule has 0 spiro atoms. The predicted molar refractivity (Wildman–Crippen MR) is 80.4 cm³/mol. The number of carbonyl (C=O) groups is 2. The second-order valence-electron chi connectivity index (χ2n) is 5.33. The third-order valence-corrected chi connectivity index (χ3v) is 3.27. The van der Waals surface area contributed by atoms with Gasteiger partial charge >= 0.3 is 5.97 Å². The molecule has 1 amide bonds. The molecule has 0 saturated heterocycles. The van der Waals surface area contributed by atoms with E-state index in [2.05, 4.69) is 19.2 Å². The molecule has 0 rings (SSSR count). The standard InChI is InChI=1S/C15H30N2O3/c1-6-17(7-2)14(18)9-8-10-16-13(11-12(3)4)15(19)20-5/h12-13,16H,6-11H2,1-5H3. The van der Waals surface area contributed by atoms with Crippen LogP contribution in [0.1, 0.15) is 47.0 Å². The summed E-state index contributed by atoms with van der Waals surface area (Å²) in [6.45, 7) is 10.3. The molecule has 1 unspecified atom stereocenters. The van der Waals surface area contributed by atoms with Crippen molar-refractivity contribution in [3.8, 4) is 0 Å². The Morgan fingerprint density at radius 3 is 2.25 bits per heavy atom. The van der Waals surface area contributed by atoms with E-state index in [9.17, 15) is 9.59 Å². The van der Waals surface area contributed by atoms with Gasteiger partial charge in [0, 0.05) is 19.5 Å². The molecule has 0 aliphatic rings. The Kier molecular flexibility index (Phi) is 10.1. The van der Waals surface area contributed by atoms with Gasteiger partial charge in [0.25, 0.3) is 0 Å². The van der Waals surface area contributed by atoms with Gasteiger partial charge in [0.15, 0.2) is 0 Å². The molecule has 0 aromatic carbocycles. The molecule has 0 saturated carbocycles. The van der Waals surface area contributed by atoms with E-state index in [1.807, 2.05) is 18.7 Å². The van der Waals surface area contributed by atoms with Crippen LogP contribution in [0.25, 0.3) is 0 Å². The number of nitrogens with one attached hydrogen (secondary N) is 1. The summed E-state index contributed by atoms with van der Waals surface area (Å²) < 4.78 is 4.79. The van der Waals surface area contributed by atoms with Crippen molar-refractivity contribution in [1.82, 2.24) is 10.2 Å². The van der Waals surface area contributed by atoms with Gasteiger partial charge in [-0.25, -0.2) is 0 Å². The summed E-state index contributed by atoms with van der Waals surface area (Å²) in [5, 5.41) is 3.19. The van der Waals surface area contributed by atoms with E-state index < -0.39 is 0 Å². The average molecular weight is 286 g/mol. The number of hydrogen-bond acceptors (Lipinski definition) is 4. The lowest BCUT2D eigenvalue weighted by molar-refractivity contribution is -0.143. The fraction of sp³-hybridized carbons (Fsp3) is 0.867. The number of esters is 1. The van der Waals surface area contributed by atoms with Crippen LogP contribution >= 0.6 is 0 Å². The molecule has 0 bridgehead atoms. The first-order valence-corrected chi connectivity index (χ1v) is 7.55. The fourth-order valence-corrected chi connectivity index (χ4v) is 2.13. The maximum Gasteiger partial charge on any atom is 0.322 e. The maximum absolute atomic E-state index is 11.8. The monoisotopic (exact) mass is 286 g/mol. The van der Waals surface area contributed by atoms with Crippen LogP contribution in [0.3, 0.4) is 0 Å². The van der Waals surface area contributed by atoms with Crippen molar-refractivity contribution in [3.63, 3.8) is 0 Å². The highest BCUT2D eigenvalue weighted by atomic mass is 16.5. The summed E-state index contributed by atoms with van der Waals surface area (Å²) in [7, 11) is 1.40.